The quantitative estimate of drug-likeness (QED) is 0.568. The van der Waals surface area contributed by atoms with Crippen LogP contribution < -0.4 is 4.74 Å². The van der Waals surface area contributed by atoms with E-state index in [1.54, 1.807) is 18.2 Å². The van der Waals surface area contributed by atoms with E-state index in [0.717, 1.165) is 29.0 Å². The van der Waals surface area contributed by atoms with Gasteiger partial charge in [-0.05, 0) is 42.0 Å². The van der Waals surface area contributed by atoms with Crippen LogP contribution in [0, 0.1) is 0 Å². The number of hydrogen-bond acceptors (Lipinski definition) is 4. The molecule has 4 nitrogen and oxygen atoms in total. The molecule has 0 aromatic heterocycles. The van der Waals surface area contributed by atoms with Crippen molar-refractivity contribution in [1.82, 2.24) is 5.01 Å². The van der Waals surface area contributed by atoms with Crippen LogP contribution in [0.2, 0.25) is 10.0 Å². The Morgan fingerprint density at radius 1 is 0.929 bits per heavy atom. The van der Waals surface area contributed by atoms with Gasteiger partial charge in [0.05, 0.1) is 17.3 Å². The molecule has 0 saturated heterocycles. The van der Waals surface area contributed by atoms with Crippen LogP contribution in [0.1, 0.15) is 35.4 Å². The number of hydrazone groups is 1. The molecule has 140 valence electrons. The Balaban J connectivity index is 1.62. The van der Waals surface area contributed by atoms with Crippen LogP contribution >= 0.6 is 23.2 Å². The lowest BCUT2D eigenvalue weighted by atomic mass is 9.96. The molecule has 0 fully saturated rings. The number of aromatic hydroxyl groups is 1. The third-order valence-electron chi connectivity index (χ3n) is 5.13. The number of phenolic OH excluding ortho intramolecular Hbond substituents is 1. The smallest absolute Gasteiger partial charge is 0.217 e. The van der Waals surface area contributed by atoms with Gasteiger partial charge >= 0.3 is 0 Å². The zero-order valence-corrected chi connectivity index (χ0v) is 16.2. The molecule has 0 spiro atoms. The molecule has 3 aromatic carbocycles. The predicted octanol–water partition coefficient (Wildman–Crippen LogP) is 5.94. The van der Waals surface area contributed by atoms with Crippen LogP contribution in [0.5, 0.6) is 11.5 Å². The van der Waals surface area contributed by atoms with Gasteiger partial charge in [0.15, 0.2) is 0 Å². The van der Waals surface area contributed by atoms with E-state index in [9.17, 15) is 5.11 Å². The van der Waals surface area contributed by atoms with Gasteiger partial charge in [-0.3, -0.25) is 0 Å². The lowest BCUT2D eigenvalue weighted by molar-refractivity contribution is -0.0203. The van der Waals surface area contributed by atoms with Crippen molar-refractivity contribution in [2.45, 2.75) is 18.7 Å². The average Bonchev–Trinajstić information content (AvgIpc) is 3.15. The topological polar surface area (TPSA) is 45.1 Å². The SMILES string of the molecule is Oc1ccc(Cl)cc1C1Oc2ccccc2C2CC(c3ccc(Cl)cc3)=NN21. The molecule has 6 heteroatoms. The maximum Gasteiger partial charge on any atom is 0.217 e. The molecule has 2 aliphatic rings. The lowest BCUT2D eigenvalue weighted by Gasteiger charge is -2.38. The van der Waals surface area contributed by atoms with Crippen molar-refractivity contribution in [3.63, 3.8) is 0 Å². The summed E-state index contributed by atoms with van der Waals surface area (Å²) in [6.07, 6.45) is 0.170. The summed E-state index contributed by atoms with van der Waals surface area (Å²) in [6, 6.07) is 20.6. The second-order valence-corrected chi connectivity index (χ2v) is 7.74. The first-order valence-corrected chi connectivity index (χ1v) is 9.71. The summed E-state index contributed by atoms with van der Waals surface area (Å²) in [6.45, 7) is 0. The van der Waals surface area contributed by atoms with Crippen molar-refractivity contribution in [2.75, 3.05) is 0 Å². The van der Waals surface area contributed by atoms with Gasteiger partial charge in [-0.2, -0.15) is 5.10 Å². The number of rotatable bonds is 2. The van der Waals surface area contributed by atoms with Crippen molar-refractivity contribution in [1.29, 1.82) is 0 Å². The van der Waals surface area contributed by atoms with Gasteiger partial charge in [0.2, 0.25) is 6.23 Å². The number of nitrogens with zero attached hydrogens (tertiary/aromatic N) is 2. The Bertz CT molecular complexity index is 1080. The van der Waals surface area contributed by atoms with E-state index in [1.807, 2.05) is 47.5 Å². The van der Waals surface area contributed by atoms with E-state index in [1.165, 1.54) is 0 Å². The van der Waals surface area contributed by atoms with Gasteiger partial charge in [0.25, 0.3) is 0 Å². The summed E-state index contributed by atoms with van der Waals surface area (Å²) in [7, 11) is 0. The minimum atomic E-state index is -0.566. The highest BCUT2D eigenvalue weighted by Crippen LogP contribution is 2.48. The first-order valence-electron chi connectivity index (χ1n) is 8.96. The van der Waals surface area contributed by atoms with Crippen LogP contribution in [0.3, 0.4) is 0 Å². The molecular formula is C22H16Cl2N2O2. The number of benzene rings is 3. The molecule has 0 bridgehead atoms. The fourth-order valence-corrected chi connectivity index (χ4v) is 4.09. The monoisotopic (exact) mass is 410 g/mol. The molecule has 0 aliphatic carbocycles. The fraction of sp³-hybridized carbons (Fsp3) is 0.136. The van der Waals surface area contributed by atoms with Gasteiger partial charge in [0, 0.05) is 22.0 Å². The Morgan fingerprint density at radius 2 is 1.68 bits per heavy atom. The van der Waals surface area contributed by atoms with Gasteiger partial charge in [0.1, 0.15) is 11.5 Å². The number of halogens is 2. The highest BCUT2D eigenvalue weighted by molar-refractivity contribution is 6.31. The molecule has 5 rings (SSSR count). The Morgan fingerprint density at radius 3 is 2.50 bits per heavy atom. The van der Waals surface area contributed by atoms with E-state index in [-0.39, 0.29) is 11.8 Å². The third-order valence-corrected chi connectivity index (χ3v) is 5.62. The van der Waals surface area contributed by atoms with Crippen LogP contribution in [-0.4, -0.2) is 15.8 Å². The van der Waals surface area contributed by atoms with E-state index in [0.29, 0.717) is 15.6 Å². The second-order valence-electron chi connectivity index (χ2n) is 6.86. The van der Waals surface area contributed by atoms with Crippen molar-refractivity contribution >= 4 is 28.9 Å². The highest BCUT2D eigenvalue weighted by Gasteiger charge is 2.41. The van der Waals surface area contributed by atoms with Gasteiger partial charge < -0.3 is 9.84 Å². The van der Waals surface area contributed by atoms with Gasteiger partial charge in [-0.1, -0.05) is 53.5 Å². The van der Waals surface area contributed by atoms with Crippen LogP contribution in [-0.2, 0) is 0 Å². The van der Waals surface area contributed by atoms with Crippen molar-refractivity contribution < 1.29 is 9.84 Å². The van der Waals surface area contributed by atoms with Crippen molar-refractivity contribution in [3.05, 3.63) is 93.5 Å². The minimum absolute atomic E-state index is 0.0130. The Labute approximate surface area is 172 Å². The summed E-state index contributed by atoms with van der Waals surface area (Å²) in [5.74, 6) is 0.920. The standard InChI is InChI=1S/C22H16Cl2N2O2/c23-14-7-5-13(6-8-14)18-12-19-16-3-1-2-4-21(16)28-22(26(19)25-18)17-11-15(24)9-10-20(17)27/h1-11,19,22,27H,12H2. The Hall–Kier alpha value is -2.69. The number of phenols is 1. The largest absolute Gasteiger partial charge is 0.507 e. The van der Waals surface area contributed by atoms with Gasteiger partial charge in [-0.15, -0.1) is 0 Å². The number of hydrogen-bond donors (Lipinski definition) is 1. The third kappa shape index (κ3) is 2.89. The summed E-state index contributed by atoms with van der Waals surface area (Å²) in [5.41, 5.74) is 3.64. The molecule has 0 amide bonds. The molecular weight excluding hydrogens is 395 g/mol. The van der Waals surface area contributed by atoms with Crippen molar-refractivity contribution in [2.24, 2.45) is 5.10 Å². The van der Waals surface area contributed by atoms with Gasteiger partial charge in [-0.25, -0.2) is 5.01 Å². The maximum absolute atomic E-state index is 10.4. The van der Waals surface area contributed by atoms with E-state index < -0.39 is 6.23 Å². The summed E-state index contributed by atoms with van der Waals surface area (Å²) >= 11 is 12.2. The minimum Gasteiger partial charge on any atom is -0.507 e. The summed E-state index contributed by atoms with van der Waals surface area (Å²) in [4.78, 5) is 0. The van der Waals surface area contributed by atoms with E-state index >= 15 is 0 Å². The average molecular weight is 411 g/mol. The first kappa shape index (κ1) is 17.4. The maximum atomic E-state index is 10.4. The molecule has 2 aliphatic heterocycles. The zero-order chi connectivity index (χ0) is 19.3. The zero-order valence-electron chi connectivity index (χ0n) is 14.7. The molecule has 2 heterocycles. The molecule has 0 saturated carbocycles. The van der Waals surface area contributed by atoms with Crippen LogP contribution in [0.25, 0.3) is 0 Å². The second kappa shape index (κ2) is 6.73. The normalized spacial score (nSPS) is 20.2. The number of fused-ring (bicyclic) bond motifs is 3. The first-order chi connectivity index (χ1) is 13.6. The van der Waals surface area contributed by atoms with Crippen LogP contribution in [0.4, 0.5) is 0 Å². The number of para-hydroxylation sites is 1. The fourth-order valence-electron chi connectivity index (χ4n) is 3.78. The van der Waals surface area contributed by atoms with Crippen molar-refractivity contribution in [3.8, 4) is 11.5 Å². The molecule has 28 heavy (non-hydrogen) atoms. The summed E-state index contributed by atoms with van der Waals surface area (Å²) < 4.78 is 6.25. The molecule has 3 aromatic rings. The van der Waals surface area contributed by atoms with Crippen LogP contribution in [0.15, 0.2) is 71.8 Å². The Kier molecular flexibility index (Phi) is 4.18. The molecule has 1 N–H and O–H groups in total. The highest BCUT2D eigenvalue weighted by atomic mass is 35.5. The predicted molar refractivity (Wildman–Crippen MR) is 110 cm³/mol. The molecule has 2 atom stereocenters. The molecule has 0 radical (unpaired) electrons. The molecule has 2 unspecified atom stereocenters. The van der Waals surface area contributed by atoms with E-state index in [4.69, 9.17) is 33.0 Å². The lowest BCUT2D eigenvalue weighted by Crippen LogP contribution is -2.33. The van der Waals surface area contributed by atoms with E-state index in [2.05, 4.69) is 6.07 Å². The number of ether oxygens (including phenoxy) is 1. The summed E-state index contributed by atoms with van der Waals surface area (Å²) in [5, 5.41) is 18.4.